The monoisotopic (exact) mass is 195 g/mol. The lowest BCUT2D eigenvalue weighted by atomic mass is 10.2. The molecule has 0 fully saturated rings. The molecule has 0 N–H and O–H groups in total. The van der Waals surface area contributed by atoms with Gasteiger partial charge in [-0.3, -0.25) is 4.98 Å². The summed E-state index contributed by atoms with van der Waals surface area (Å²) in [4.78, 5) is 4.27. The molecule has 1 aromatic rings. The number of pyridine rings is 1. The maximum atomic E-state index is 5.46. The smallest absolute Gasteiger partial charge is 0.201 e. The van der Waals surface area contributed by atoms with Gasteiger partial charge in [0.1, 0.15) is 0 Å². The van der Waals surface area contributed by atoms with E-state index < -0.39 is 0 Å². The van der Waals surface area contributed by atoms with Gasteiger partial charge in [-0.2, -0.15) is 0 Å². The Balaban J connectivity index is 2.81. The molecular formula is C11H17NO2. The molecule has 1 heterocycles. The summed E-state index contributed by atoms with van der Waals surface area (Å²) in [6, 6.07) is 3.92. The molecule has 0 bridgehead atoms. The van der Waals surface area contributed by atoms with Crippen LogP contribution in [0.4, 0.5) is 0 Å². The van der Waals surface area contributed by atoms with Gasteiger partial charge in [0, 0.05) is 19.4 Å². The molecule has 1 rings (SSSR count). The summed E-state index contributed by atoms with van der Waals surface area (Å²) < 4.78 is 10.9. The largest absolute Gasteiger partial charge is 0.347 e. The van der Waals surface area contributed by atoms with Gasteiger partial charge in [0.15, 0.2) is 0 Å². The van der Waals surface area contributed by atoms with Crippen LogP contribution in [-0.4, -0.2) is 18.2 Å². The van der Waals surface area contributed by atoms with Crippen molar-refractivity contribution in [3.05, 3.63) is 29.6 Å². The minimum atomic E-state index is -0.328. The Morgan fingerprint density at radius 1 is 1.29 bits per heavy atom. The first-order valence-electron chi connectivity index (χ1n) is 4.94. The van der Waals surface area contributed by atoms with E-state index in [-0.39, 0.29) is 6.29 Å². The average Bonchev–Trinajstić information content (AvgIpc) is 2.18. The number of hydrogen-bond acceptors (Lipinski definition) is 3. The van der Waals surface area contributed by atoms with Gasteiger partial charge in [0.2, 0.25) is 6.29 Å². The molecule has 3 nitrogen and oxygen atoms in total. The minimum Gasteiger partial charge on any atom is -0.347 e. The molecule has 1 aromatic heterocycles. The van der Waals surface area contributed by atoms with Crippen LogP contribution < -0.4 is 0 Å². The molecule has 0 amide bonds. The lowest BCUT2D eigenvalue weighted by molar-refractivity contribution is -0.143. The van der Waals surface area contributed by atoms with E-state index in [2.05, 4.69) is 4.98 Å². The Bertz CT molecular complexity index is 270. The van der Waals surface area contributed by atoms with E-state index in [1.165, 1.54) is 0 Å². The third-order valence-electron chi connectivity index (χ3n) is 1.91. The Morgan fingerprint density at radius 3 is 2.43 bits per heavy atom. The molecule has 0 atom stereocenters. The number of nitrogens with zero attached hydrogens (tertiary/aromatic N) is 1. The Hall–Kier alpha value is -0.930. The summed E-state index contributed by atoms with van der Waals surface area (Å²) in [5.41, 5.74) is 1.97. The minimum absolute atomic E-state index is 0.328. The summed E-state index contributed by atoms with van der Waals surface area (Å²) in [6.07, 6.45) is 1.43. The zero-order valence-electron chi connectivity index (χ0n) is 8.99. The van der Waals surface area contributed by atoms with Crippen molar-refractivity contribution in [3.63, 3.8) is 0 Å². The van der Waals surface area contributed by atoms with Crippen LogP contribution in [0.5, 0.6) is 0 Å². The molecular weight excluding hydrogens is 178 g/mol. The highest BCUT2D eigenvalue weighted by Gasteiger charge is 2.14. The van der Waals surface area contributed by atoms with Gasteiger partial charge in [-0.05, 0) is 32.4 Å². The van der Waals surface area contributed by atoms with Crippen molar-refractivity contribution in [2.75, 3.05) is 13.2 Å². The van der Waals surface area contributed by atoms with Crippen molar-refractivity contribution in [1.29, 1.82) is 0 Å². The van der Waals surface area contributed by atoms with E-state index in [1.54, 1.807) is 6.20 Å². The third-order valence-corrected chi connectivity index (χ3v) is 1.91. The molecule has 3 heteroatoms. The van der Waals surface area contributed by atoms with E-state index in [1.807, 2.05) is 32.9 Å². The van der Waals surface area contributed by atoms with Crippen molar-refractivity contribution in [3.8, 4) is 0 Å². The summed E-state index contributed by atoms with van der Waals surface area (Å²) >= 11 is 0. The maximum Gasteiger partial charge on any atom is 0.201 e. The molecule has 78 valence electrons. The van der Waals surface area contributed by atoms with E-state index in [9.17, 15) is 0 Å². The van der Waals surface area contributed by atoms with Gasteiger partial charge in [0.25, 0.3) is 0 Å². The molecule has 0 aliphatic rings. The van der Waals surface area contributed by atoms with Gasteiger partial charge >= 0.3 is 0 Å². The van der Waals surface area contributed by atoms with Crippen molar-refractivity contribution in [2.45, 2.75) is 27.1 Å². The highest BCUT2D eigenvalue weighted by molar-refractivity contribution is 5.18. The molecule has 0 aliphatic heterocycles. The quantitative estimate of drug-likeness (QED) is 0.676. The highest BCUT2D eigenvalue weighted by atomic mass is 16.7. The van der Waals surface area contributed by atoms with E-state index in [4.69, 9.17) is 9.47 Å². The molecule has 0 aromatic carbocycles. The zero-order chi connectivity index (χ0) is 10.4. The summed E-state index contributed by atoms with van der Waals surface area (Å²) in [5, 5.41) is 0. The first kappa shape index (κ1) is 11.1. The number of hydrogen-bond donors (Lipinski definition) is 0. The van der Waals surface area contributed by atoms with E-state index >= 15 is 0 Å². The molecule has 0 saturated carbocycles. The zero-order valence-corrected chi connectivity index (χ0v) is 8.99. The Kier molecular flexibility index (Phi) is 4.56. The Labute approximate surface area is 85.1 Å². The summed E-state index contributed by atoms with van der Waals surface area (Å²) in [5.74, 6) is 0. The molecule has 0 spiro atoms. The van der Waals surface area contributed by atoms with Gasteiger partial charge < -0.3 is 9.47 Å². The molecule has 0 aliphatic carbocycles. The molecule has 0 saturated heterocycles. The fraction of sp³-hybridized carbons (Fsp3) is 0.545. The average molecular weight is 195 g/mol. The lowest BCUT2D eigenvalue weighted by Gasteiger charge is -2.17. The first-order chi connectivity index (χ1) is 6.79. The number of rotatable bonds is 5. The second kappa shape index (κ2) is 5.73. The number of aryl methyl sites for hydroxylation is 1. The van der Waals surface area contributed by atoms with Crippen LogP contribution in [0.25, 0.3) is 0 Å². The number of aromatic nitrogens is 1. The second-order valence-electron chi connectivity index (χ2n) is 2.95. The standard InChI is InChI=1S/C11H17NO2/c1-4-13-11(14-5-2)10-9(3)7-6-8-12-10/h6-8,11H,4-5H2,1-3H3. The topological polar surface area (TPSA) is 31.4 Å². The van der Waals surface area contributed by atoms with Crippen LogP contribution in [0.3, 0.4) is 0 Å². The van der Waals surface area contributed by atoms with Crippen LogP contribution >= 0.6 is 0 Å². The predicted octanol–water partition coefficient (Wildman–Crippen LogP) is 2.46. The van der Waals surface area contributed by atoms with E-state index in [0.29, 0.717) is 13.2 Å². The van der Waals surface area contributed by atoms with Crippen molar-refractivity contribution < 1.29 is 9.47 Å². The van der Waals surface area contributed by atoms with Gasteiger partial charge in [-0.15, -0.1) is 0 Å². The van der Waals surface area contributed by atoms with Crippen LogP contribution in [0.15, 0.2) is 18.3 Å². The third kappa shape index (κ3) is 2.79. The van der Waals surface area contributed by atoms with Crippen molar-refractivity contribution in [2.24, 2.45) is 0 Å². The van der Waals surface area contributed by atoms with Gasteiger partial charge in [0.05, 0.1) is 5.69 Å². The van der Waals surface area contributed by atoms with E-state index in [0.717, 1.165) is 11.3 Å². The van der Waals surface area contributed by atoms with Crippen molar-refractivity contribution in [1.82, 2.24) is 4.98 Å². The fourth-order valence-corrected chi connectivity index (χ4v) is 1.25. The molecule has 0 unspecified atom stereocenters. The van der Waals surface area contributed by atoms with Crippen molar-refractivity contribution >= 4 is 0 Å². The van der Waals surface area contributed by atoms with Crippen LogP contribution in [0.2, 0.25) is 0 Å². The summed E-state index contributed by atoms with van der Waals surface area (Å²) in [6.45, 7) is 7.16. The number of ether oxygens (including phenoxy) is 2. The Morgan fingerprint density at radius 2 is 1.93 bits per heavy atom. The van der Waals surface area contributed by atoms with Crippen LogP contribution in [-0.2, 0) is 9.47 Å². The normalized spacial score (nSPS) is 10.9. The lowest BCUT2D eigenvalue weighted by Crippen LogP contribution is -2.11. The van der Waals surface area contributed by atoms with Crippen LogP contribution in [0, 0.1) is 6.92 Å². The van der Waals surface area contributed by atoms with Crippen LogP contribution in [0.1, 0.15) is 31.4 Å². The summed E-state index contributed by atoms with van der Waals surface area (Å²) in [7, 11) is 0. The first-order valence-corrected chi connectivity index (χ1v) is 4.94. The SMILES string of the molecule is CCOC(OCC)c1ncccc1C. The molecule has 0 radical (unpaired) electrons. The second-order valence-corrected chi connectivity index (χ2v) is 2.95. The fourth-order valence-electron chi connectivity index (χ4n) is 1.25. The maximum absolute atomic E-state index is 5.46. The highest BCUT2D eigenvalue weighted by Crippen LogP contribution is 2.19. The predicted molar refractivity (Wildman–Crippen MR) is 55.0 cm³/mol. The van der Waals surface area contributed by atoms with Gasteiger partial charge in [-0.25, -0.2) is 0 Å². The molecule has 14 heavy (non-hydrogen) atoms. The van der Waals surface area contributed by atoms with Gasteiger partial charge in [-0.1, -0.05) is 6.07 Å².